The van der Waals surface area contributed by atoms with Crippen LogP contribution in [0.3, 0.4) is 0 Å². The molecule has 0 heterocycles. The molecule has 0 saturated heterocycles. The summed E-state index contributed by atoms with van der Waals surface area (Å²) >= 11 is 5.89. The number of ether oxygens (including phenoxy) is 1. The van der Waals surface area contributed by atoms with Crippen LogP contribution in [-0.4, -0.2) is 12.2 Å². The van der Waals surface area contributed by atoms with Gasteiger partial charge in [0.2, 0.25) is 12.4 Å². The zero-order chi connectivity index (χ0) is 12.1. The number of hydrogen-bond donors (Lipinski definition) is 0. The van der Waals surface area contributed by atoms with Crippen LogP contribution in [0.4, 0.5) is 4.39 Å². The lowest BCUT2D eigenvalue weighted by Crippen LogP contribution is -2.06. The van der Waals surface area contributed by atoms with Gasteiger partial charge in [-0.2, -0.15) is 4.99 Å². The highest BCUT2D eigenvalue weighted by Crippen LogP contribution is 2.30. The van der Waals surface area contributed by atoms with Gasteiger partial charge in [0, 0.05) is 5.56 Å². The summed E-state index contributed by atoms with van der Waals surface area (Å²) in [6, 6.07) is 4.39. The minimum absolute atomic E-state index is 0.0162. The van der Waals surface area contributed by atoms with Gasteiger partial charge in [-0.25, -0.2) is 9.18 Å². The third-order valence-electron chi connectivity index (χ3n) is 1.76. The fourth-order valence-corrected chi connectivity index (χ4v) is 1.37. The lowest BCUT2D eigenvalue weighted by Gasteiger charge is -2.12. The Balaban J connectivity index is 2.94. The zero-order valence-electron chi connectivity index (χ0n) is 8.91. The molecule has 0 aromatic heterocycles. The van der Waals surface area contributed by atoms with Crippen LogP contribution in [0.1, 0.15) is 25.7 Å². The first-order valence-electron chi connectivity index (χ1n) is 4.71. The number of isocyanates is 1. The molecule has 1 aromatic rings. The highest BCUT2D eigenvalue weighted by Gasteiger charge is 2.11. The van der Waals surface area contributed by atoms with Crippen molar-refractivity contribution in [2.45, 2.75) is 26.2 Å². The average molecular weight is 244 g/mol. The Labute approximate surface area is 97.9 Å². The molecule has 0 bridgehead atoms. The van der Waals surface area contributed by atoms with E-state index in [9.17, 15) is 9.18 Å². The summed E-state index contributed by atoms with van der Waals surface area (Å²) in [7, 11) is 0. The van der Waals surface area contributed by atoms with Crippen molar-refractivity contribution in [1.29, 1.82) is 0 Å². The first kappa shape index (κ1) is 12.7. The van der Waals surface area contributed by atoms with Crippen LogP contribution in [0.5, 0.6) is 5.75 Å². The predicted molar refractivity (Wildman–Crippen MR) is 59.2 cm³/mol. The normalized spacial score (nSPS) is 12.1. The molecule has 0 aliphatic carbocycles. The lowest BCUT2D eigenvalue weighted by atomic mass is 10.2. The minimum atomic E-state index is -1.73. The van der Waals surface area contributed by atoms with Crippen LogP contribution in [-0.2, 0) is 4.79 Å². The molecule has 1 unspecified atom stereocenters. The fourth-order valence-electron chi connectivity index (χ4n) is 1.14. The molecular formula is C11H11ClFNO2. The van der Waals surface area contributed by atoms with E-state index in [0.29, 0.717) is 5.75 Å². The number of hydrogen-bond acceptors (Lipinski definition) is 3. The molecule has 0 saturated carbocycles. The maximum absolute atomic E-state index is 13.2. The molecule has 16 heavy (non-hydrogen) atoms. The lowest BCUT2D eigenvalue weighted by molar-refractivity contribution is 0.242. The molecule has 0 aliphatic heterocycles. The molecule has 0 fully saturated rings. The van der Waals surface area contributed by atoms with Crippen molar-refractivity contribution < 1.29 is 13.9 Å². The summed E-state index contributed by atoms with van der Waals surface area (Å²) in [4.78, 5) is 12.9. The number of alkyl halides is 1. The van der Waals surface area contributed by atoms with Gasteiger partial charge in [0.15, 0.2) is 0 Å². The predicted octanol–water partition coefficient (Wildman–Crippen LogP) is 3.43. The highest BCUT2D eigenvalue weighted by molar-refractivity contribution is 6.32. The molecule has 86 valence electrons. The largest absolute Gasteiger partial charge is 0.489 e. The molecule has 0 amide bonds. The van der Waals surface area contributed by atoms with E-state index < -0.39 is 6.30 Å². The molecular weight excluding hydrogens is 233 g/mol. The van der Waals surface area contributed by atoms with E-state index in [1.54, 1.807) is 6.07 Å². The van der Waals surface area contributed by atoms with Crippen molar-refractivity contribution >= 4 is 17.7 Å². The fraction of sp³-hybridized carbons (Fsp3) is 0.364. The van der Waals surface area contributed by atoms with Crippen molar-refractivity contribution in [2.75, 3.05) is 0 Å². The van der Waals surface area contributed by atoms with Gasteiger partial charge in [-0.15, -0.1) is 0 Å². The van der Waals surface area contributed by atoms with E-state index >= 15 is 0 Å². The summed E-state index contributed by atoms with van der Waals surface area (Å²) in [6.45, 7) is 3.72. The smallest absolute Gasteiger partial charge is 0.238 e. The van der Waals surface area contributed by atoms with Crippen molar-refractivity contribution in [1.82, 2.24) is 0 Å². The first-order chi connectivity index (χ1) is 7.54. The van der Waals surface area contributed by atoms with Gasteiger partial charge < -0.3 is 4.74 Å². The molecule has 5 heteroatoms. The Kier molecular flexibility index (Phi) is 4.47. The van der Waals surface area contributed by atoms with E-state index in [0.717, 1.165) is 6.08 Å². The van der Waals surface area contributed by atoms with Crippen LogP contribution in [0.2, 0.25) is 5.02 Å². The Morgan fingerprint density at radius 2 is 2.19 bits per heavy atom. The molecule has 0 spiro atoms. The number of aliphatic imine (C=N–C) groups is 1. The zero-order valence-corrected chi connectivity index (χ0v) is 9.66. The molecule has 1 atom stereocenters. The van der Waals surface area contributed by atoms with E-state index in [2.05, 4.69) is 4.99 Å². The van der Waals surface area contributed by atoms with Gasteiger partial charge >= 0.3 is 0 Å². The molecule has 3 nitrogen and oxygen atoms in total. The topological polar surface area (TPSA) is 38.7 Å². The number of rotatable bonds is 4. The SMILES string of the molecule is CC(C)Oc1ccc(C(F)N=C=O)cc1Cl. The van der Waals surface area contributed by atoms with E-state index in [1.165, 1.54) is 12.1 Å². The third kappa shape index (κ3) is 3.33. The maximum Gasteiger partial charge on any atom is 0.238 e. The molecule has 0 radical (unpaired) electrons. The van der Waals surface area contributed by atoms with Gasteiger partial charge in [-0.1, -0.05) is 17.7 Å². The minimum Gasteiger partial charge on any atom is -0.489 e. The monoisotopic (exact) mass is 243 g/mol. The van der Waals surface area contributed by atoms with Crippen LogP contribution >= 0.6 is 11.6 Å². The number of benzene rings is 1. The van der Waals surface area contributed by atoms with Crippen LogP contribution < -0.4 is 4.74 Å². The molecule has 1 rings (SSSR count). The van der Waals surface area contributed by atoms with Crippen LogP contribution in [0, 0.1) is 0 Å². The number of nitrogens with zero attached hydrogens (tertiary/aromatic N) is 1. The van der Waals surface area contributed by atoms with E-state index in [-0.39, 0.29) is 16.7 Å². The van der Waals surface area contributed by atoms with Gasteiger partial charge in [0.25, 0.3) is 0 Å². The Hall–Kier alpha value is -1.38. The Morgan fingerprint density at radius 3 is 2.69 bits per heavy atom. The molecule has 0 N–H and O–H groups in total. The quantitative estimate of drug-likeness (QED) is 0.462. The molecule has 1 aromatic carbocycles. The second-order valence-electron chi connectivity index (χ2n) is 3.41. The second kappa shape index (κ2) is 5.64. The first-order valence-corrected chi connectivity index (χ1v) is 5.09. The van der Waals surface area contributed by atoms with Gasteiger partial charge in [-0.3, -0.25) is 0 Å². The van der Waals surface area contributed by atoms with Gasteiger partial charge in [0.1, 0.15) is 5.75 Å². The average Bonchev–Trinajstić information content (AvgIpc) is 2.20. The summed E-state index contributed by atoms with van der Waals surface area (Å²) in [6.07, 6.45) is -0.592. The number of carbonyl (C=O) groups excluding carboxylic acids is 1. The Morgan fingerprint density at radius 1 is 1.50 bits per heavy atom. The molecule has 0 aliphatic rings. The summed E-state index contributed by atoms with van der Waals surface area (Å²) in [5.41, 5.74) is 0.199. The maximum atomic E-state index is 13.2. The van der Waals surface area contributed by atoms with Crippen LogP contribution in [0.25, 0.3) is 0 Å². The van der Waals surface area contributed by atoms with Gasteiger partial charge in [-0.05, 0) is 26.0 Å². The van der Waals surface area contributed by atoms with Crippen molar-refractivity contribution in [3.05, 3.63) is 28.8 Å². The van der Waals surface area contributed by atoms with E-state index in [1.807, 2.05) is 13.8 Å². The summed E-state index contributed by atoms with van der Waals surface area (Å²) in [5, 5.41) is 0.287. The third-order valence-corrected chi connectivity index (χ3v) is 2.06. The van der Waals surface area contributed by atoms with Crippen LogP contribution in [0.15, 0.2) is 23.2 Å². The standard InChI is InChI=1S/C11H11ClFNO2/c1-7(2)16-10-4-3-8(5-9(10)12)11(13)14-6-15/h3-5,7,11H,1-2H3. The van der Waals surface area contributed by atoms with Crippen molar-refractivity contribution in [3.8, 4) is 5.75 Å². The van der Waals surface area contributed by atoms with Crippen molar-refractivity contribution in [3.63, 3.8) is 0 Å². The van der Waals surface area contributed by atoms with Crippen molar-refractivity contribution in [2.24, 2.45) is 4.99 Å². The summed E-state index contributed by atoms with van der Waals surface area (Å²) in [5.74, 6) is 0.475. The van der Waals surface area contributed by atoms with Gasteiger partial charge in [0.05, 0.1) is 11.1 Å². The second-order valence-corrected chi connectivity index (χ2v) is 3.82. The highest BCUT2D eigenvalue weighted by atomic mass is 35.5. The summed E-state index contributed by atoms with van der Waals surface area (Å²) < 4.78 is 18.6. The Bertz CT molecular complexity index is 416. The van der Waals surface area contributed by atoms with E-state index in [4.69, 9.17) is 16.3 Å². The number of halogens is 2.